The molecule has 0 aliphatic carbocycles. The third-order valence-electron chi connectivity index (χ3n) is 2.95. The van der Waals surface area contributed by atoms with Gasteiger partial charge in [0, 0.05) is 6.54 Å². The van der Waals surface area contributed by atoms with Gasteiger partial charge in [-0.05, 0) is 24.3 Å². The number of aliphatic hydroxyl groups is 1. The first-order valence-corrected chi connectivity index (χ1v) is 6.56. The monoisotopic (exact) mass is 257 g/mol. The van der Waals surface area contributed by atoms with E-state index < -0.39 is 5.60 Å². The lowest BCUT2D eigenvalue weighted by Crippen LogP contribution is -2.41. The Hall–Kier alpha value is -1.07. The molecule has 0 saturated carbocycles. The van der Waals surface area contributed by atoms with E-state index in [-0.39, 0.29) is 12.5 Å². The van der Waals surface area contributed by atoms with Crippen LogP contribution in [-0.2, 0) is 0 Å². The number of hydrogen-bond donors (Lipinski definition) is 2. The highest BCUT2D eigenvalue weighted by molar-refractivity contribution is 7.12. The van der Waals surface area contributed by atoms with Crippen LogP contribution in [0.25, 0.3) is 0 Å². The second-order valence-corrected chi connectivity index (χ2v) is 4.85. The molecule has 0 fully saturated rings. The van der Waals surface area contributed by atoms with E-state index in [4.69, 9.17) is 4.74 Å². The first kappa shape index (κ1) is 14.0. The number of thiophene rings is 1. The van der Waals surface area contributed by atoms with Crippen LogP contribution >= 0.6 is 11.3 Å². The molecular weight excluding hydrogens is 238 g/mol. The van der Waals surface area contributed by atoms with E-state index in [1.807, 2.05) is 13.8 Å². The van der Waals surface area contributed by atoms with Crippen LogP contribution in [-0.4, -0.2) is 30.3 Å². The van der Waals surface area contributed by atoms with Crippen LogP contribution in [0.15, 0.2) is 11.4 Å². The fourth-order valence-corrected chi connectivity index (χ4v) is 2.22. The van der Waals surface area contributed by atoms with Crippen molar-refractivity contribution >= 4 is 17.2 Å². The van der Waals surface area contributed by atoms with Crippen LogP contribution in [0.3, 0.4) is 0 Å². The second kappa shape index (κ2) is 6.02. The molecule has 1 amide bonds. The van der Waals surface area contributed by atoms with E-state index in [0.717, 1.165) is 0 Å². The van der Waals surface area contributed by atoms with Gasteiger partial charge >= 0.3 is 0 Å². The van der Waals surface area contributed by atoms with E-state index in [2.05, 4.69) is 5.32 Å². The summed E-state index contributed by atoms with van der Waals surface area (Å²) in [5.41, 5.74) is -0.819. The van der Waals surface area contributed by atoms with Crippen molar-refractivity contribution in [2.75, 3.05) is 13.7 Å². The fraction of sp³-hybridized carbons (Fsp3) is 0.583. The Morgan fingerprint density at radius 1 is 1.53 bits per heavy atom. The summed E-state index contributed by atoms with van der Waals surface area (Å²) >= 11 is 1.33. The first-order chi connectivity index (χ1) is 8.06. The summed E-state index contributed by atoms with van der Waals surface area (Å²) in [7, 11) is 1.53. The normalized spacial score (nSPS) is 11.3. The van der Waals surface area contributed by atoms with Crippen molar-refractivity contribution in [3.05, 3.63) is 16.3 Å². The molecule has 0 aliphatic heterocycles. The van der Waals surface area contributed by atoms with Crippen LogP contribution in [0.2, 0.25) is 0 Å². The van der Waals surface area contributed by atoms with Gasteiger partial charge in [0.05, 0.1) is 12.7 Å². The van der Waals surface area contributed by atoms with Crippen molar-refractivity contribution in [2.45, 2.75) is 32.3 Å². The van der Waals surface area contributed by atoms with Gasteiger partial charge in [-0.1, -0.05) is 13.8 Å². The molecule has 0 bridgehead atoms. The molecule has 2 N–H and O–H groups in total. The van der Waals surface area contributed by atoms with Crippen LogP contribution in [0.4, 0.5) is 0 Å². The Bertz CT molecular complexity index is 372. The van der Waals surface area contributed by atoms with Gasteiger partial charge in [-0.25, -0.2) is 0 Å². The van der Waals surface area contributed by atoms with Gasteiger partial charge < -0.3 is 15.2 Å². The van der Waals surface area contributed by atoms with Crippen LogP contribution in [0.1, 0.15) is 36.4 Å². The van der Waals surface area contributed by atoms with Crippen molar-refractivity contribution < 1.29 is 14.6 Å². The number of ether oxygens (including phenoxy) is 1. The van der Waals surface area contributed by atoms with Crippen molar-refractivity contribution in [2.24, 2.45) is 0 Å². The van der Waals surface area contributed by atoms with Gasteiger partial charge in [0.25, 0.3) is 5.91 Å². The molecule has 0 unspecified atom stereocenters. The highest BCUT2D eigenvalue weighted by Gasteiger charge is 2.24. The van der Waals surface area contributed by atoms with Crippen LogP contribution in [0.5, 0.6) is 5.75 Å². The molecule has 0 radical (unpaired) electrons. The van der Waals surface area contributed by atoms with Gasteiger partial charge in [-0.3, -0.25) is 4.79 Å². The molecule has 0 aromatic carbocycles. The molecule has 0 aliphatic rings. The second-order valence-electron chi connectivity index (χ2n) is 3.93. The first-order valence-electron chi connectivity index (χ1n) is 5.68. The number of carbonyl (C=O) groups excluding carboxylic acids is 1. The minimum atomic E-state index is -0.819. The Balaban J connectivity index is 2.62. The maximum atomic E-state index is 11.9. The summed E-state index contributed by atoms with van der Waals surface area (Å²) < 4.78 is 5.08. The fourth-order valence-electron chi connectivity index (χ4n) is 1.45. The Morgan fingerprint density at radius 2 is 2.18 bits per heavy atom. The van der Waals surface area contributed by atoms with Gasteiger partial charge in [0.15, 0.2) is 0 Å². The number of rotatable bonds is 6. The molecule has 1 aromatic heterocycles. The summed E-state index contributed by atoms with van der Waals surface area (Å²) in [6.45, 7) is 4.07. The number of hydrogen-bond acceptors (Lipinski definition) is 4. The van der Waals surface area contributed by atoms with Gasteiger partial charge in [0.2, 0.25) is 0 Å². The van der Waals surface area contributed by atoms with E-state index in [0.29, 0.717) is 23.5 Å². The van der Waals surface area contributed by atoms with Crippen molar-refractivity contribution in [3.63, 3.8) is 0 Å². The lowest BCUT2D eigenvalue weighted by molar-refractivity contribution is 0.0314. The average Bonchev–Trinajstić information content (AvgIpc) is 2.83. The highest BCUT2D eigenvalue weighted by atomic mass is 32.1. The molecule has 17 heavy (non-hydrogen) atoms. The maximum Gasteiger partial charge on any atom is 0.265 e. The zero-order chi connectivity index (χ0) is 12.9. The molecule has 0 spiro atoms. The lowest BCUT2D eigenvalue weighted by atomic mass is 9.98. The molecule has 1 aromatic rings. The predicted molar refractivity (Wildman–Crippen MR) is 68.7 cm³/mol. The number of amides is 1. The Kier molecular flexibility index (Phi) is 4.96. The highest BCUT2D eigenvalue weighted by Crippen LogP contribution is 2.24. The van der Waals surface area contributed by atoms with E-state index in [1.165, 1.54) is 18.4 Å². The Morgan fingerprint density at radius 3 is 2.71 bits per heavy atom. The van der Waals surface area contributed by atoms with Gasteiger partial charge in [-0.15, -0.1) is 11.3 Å². The van der Waals surface area contributed by atoms with E-state index >= 15 is 0 Å². The number of methoxy groups -OCH3 is 1. The zero-order valence-electron chi connectivity index (χ0n) is 10.4. The largest absolute Gasteiger partial charge is 0.495 e. The molecule has 1 heterocycles. The summed E-state index contributed by atoms with van der Waals surface area (Å²) in [4.78, 5) is 12.4. The van der Waals surface area contributed by atoms with E-state index in [1.54, 1.807) is 11.4 Å². The summed E-state index contributed by atoms with van der Waals surface area (Å²) in [6, 6.07) is 1.76. The summed E-state index contributed by atoms with van der Waals surface area (Å²) in [5, 5.41) is 14.6. The molecule has 4 nitrogen and oxygen atoms in total. The molecule has 96 valence electrons. The molecular formula is C12H19NO3S. The third kappa shape index (κ3) is 3.44. The van der Waals surface area contributed by atoms with Crippen LogP contribution in [0, 0.1) is 0 Å². The smallest absolute Gasteiger partial charge is 0.265 e. The topological polar surface area (TPSA) is 58.6 Å². The molecule has 1 rings (SSSR count). The molecule has 0 saturated heterocycles. The Labute approximate surface area is 106 Å². The summed E-state index contributed by atoms with van der Waals surface area (Å²) in [6.07, 6.45) is 1.23. The van der Waals surface area contributed by atoms with Crippen molar-refractivity contribution in [1.29, 1.82) is 0 Å². The van der Waals surface area contributed by atoms with Crippen molar-refractivity contribution in [1.82, 2.24) is 5.32 Å². The summed E-state index contributed by atoms with van der Waals surface area (Å²) in [5.74, 6) is 0.376. The van der Waals surface area contributed by atoms with Gasteiger partial charge in [0.1, 0.15) is 10.6 Å². The molecule has 5 heteroatoms. The average molecular weight is 257 g/mol. The predicted octanol–water partition coefficient (Wildman–Crippen LogP) is 2.04. The van der Waals surface area contributed by atoms with Crippen LogP contribution < -0.4 is 10.1 Å². The standard InChI is InChI=1S/C12H19NO3S/c1-4-12(15,5-2)8-13-11(14)10-9(16-3)6-7-17-10/h6-7,15H,4-5,8H2,1-3H3,(H,13,14). The minimum absolute atomic E-state index is 0.197. The maximum absolute atomic E-state index is 11.9. The van der Waals surface area contributed by atoms with Gasteiger partial charge in [-0.2, -0.15) is 0 Å². The van der Waals surface area contributed by atoms with Crippen molar-refractivity contribution in [3.8, 4) is 5.75 Å². The quantitative estimate of drug-likeness (QED) is 0.820. The SMILES string of the molecule is CCC(O)(CC)CNC(=O)c1sccc1OC. The number of nitrogens with one attached hydrogen (secondary N) is 1. The number of carbonyl (C=O) groups is 1. The zero-order valence-corrected chi connectivity index (χ0v) is 11.3. The third-order valence-corrected chi connectivity index (χ3v) is 3.84. The minimum Gasteiger partial charge on any atom is -0.495 e. The lowest BCUT2D eigenvalue weighted by Gasteiger charge is -2.25. The molecule has 0 atom stereocenters. The van der Waals surface area contributed by atoms with E-state index in [9.17, 15) is 9.90 Å².